The highest BCUT2D eigenvalue weighted by Gasteiger charge is 2.51. The predicted molar refractivity (Wildman–Crippen MR) is 36.8 cm³/mol. The zero-order chi connectivity index (χ0) is 10.9. The van der Waals surface area contributed by atoms with Crippen LogP contribution in [0.4, 0.5) is 17.6 Å². The van der Waals surface area contributed by atoms with Crippen molar-refractivity contribution in [2.45, 2.75) is 38.7 Å². The molecule has 13 heavy (non-hydrogen) atoms. The Morgan fingerprint density at radius 2 is 1.46 bits per heavy atom. The topological polar surface area (TPSA) is 26.3 Å². The number of hydrogen-bond acceptors (Lipinski definition) is 2. The van der Waals surface area contributed by atoms with Gasteiger partial charge in [-0.1, -0.05) is 0 Å². The fourth-order valence-electron chi connectivity index (χ4n) is 0.818. The van der Waals surface area contributed by atoms with Gasteiger partial charge in [-0.25, -0.2) is 17.6 Å². The van der Waals surface area contributed by atoms with Gasteiger partial charge in [-0.3, -0.25) is 4.79 Å². The Balaban J connectivity index is 4.68. The largest absolute Gasteiger partial charge is 0.450 e. The lowest BCUT2D eigenvalue weighted by molar-refractivity contribution is -0.218. The first-order chi connectivity index (χ1) is 5.55. The van der Waals surface area contributed by atoms with Gasteiger partial charge in [0.1, 0.15) is 0 Å². The van der Waals surface area contributed by atoms with Crippen LogP contribution in [0.1, 0.15) is 20.8 Å². The van der Waals surface area contributed by atoms with Gasteiger partial charge in [-0.2, -0.15) is 0 Å². The molecule has 0 spiro atoms. The quantitative estimate of drug-likeness (QED) is 0.518. The molecule has 0 aromatic carbocycles. The van der Waals surface area contributed by atoms with E-state index in [2.05, 4.69) is 4.74 Å². The van der Waals surface area contributed by atoms with Crippen molar-refractivity contribution < 1.29 is 27.1 Å². The van der Waals surface area contributed by atoms with Crippen molar-refractivity contribution in [3.05, 3.63) is 0 Å². The van der Waals surface area contributed by atoms with Crippen LogP contribution in [0.25, 0.3) is 0 Å². The maximum atomic E-state index is 12.5. The Morgan fingerprint density at radius 3 is 1.54 bits per heavy atom. The Labute approximate surface area is 72.9 Å². The third kappa shape index (κ3) is 4.10. The number of carbonyl (C=O) groups excluding carboxylic acids is 1. The molecule has 0 bridgehead atoms. The van der Waals surface area contributed by atoms with Crippen molar-refractivity contribution in [1.82, 2.24) is 0 Å². The summed E-state index contributed by atoms with van der Waals surface area (Å²) in [5, 5.41) is 0. The van der Waals surface area contributed by atoms with E-state index in [1.165, 1.54) is 0 Å². The molecule has 0 rings (SSSR count). The Bertz CT molecular complexity index is 178. The van der Waals surface area contributed by atoms with Gasteiger partial charge in [0.05, 0.1) is 0 Å². The van der Waals surface area contributed by atoms with Gasteiger partial charge in [0, 0.05) is 20.8 Å². The zero-order valence-corrected chi connectivity index (χ0v) is 7.41. The van der Waals surface area contributed by atoms with E-state index in [1.54, 1.807) is 0 Å². The van der Waals surface area contributed by atoms with Crippen molar-refractivity contribution >= 4 is 5.97 Å². The van der Waals surface area contributed by atoms with Crippen LogP contribution in [0, 0.1) is 0 Å². The van der Waals surface area contributed by atoms with Gasteiger partial charge in [0.15, 0.2) is 0 Å². The molecule has 0 aromatic heterocycles. The standard InChI is InChI=1S/C7H10F4O2/c1-4(12)13-5(6(2,8)9)7(3,10)11/h5H,1-3H3. The number of ether oxygens (including phenoxy) is 1. The van der Waals surface area contributed by atoms with Crippen molar-refractivity contribution in [3.8, 4) is 0 Å². The van der Waals surface area contributed by atoms with Gasteiger partial charge in [-0.15, -0.1) is 0 Å². The molecule has 0 aliphatic rings. The summed E-state index contributed by atoms with van der Waals surface area (Å²) in [5.74, 6) is -8.68. The van der Waals surface area contributed by atoms with E-state index < -0.39 is 23.9 Å². The molecule has 6 heteroatoms. The van der Waals surface area contributed by atoms with Crippen LogP contribution in [0.2, 0.25) is 0 Å². The molecule has 0 aliphatic carbocycles. The van der Waals surface area contributed by atoms with Crippen LogP contribution in [0.15, 0.2) is 0 Å². The molecule has 0 unspecified atom stereocenters. The first kappa shape index (κ1) is 12.2. The van der Waals surface area contributed by atoms with E-state index in [-0.39, 0.29) is 13.8 Å². The Hall–Kier alpha value is -0.810. The molecule has 0 heterocycles. The monoisotopic (exact) mass is 202 g/mol. The summed E-state index contributed by atoms with van der Waals surface area (Å²) in [4.78, 5) is 10.3. The molecule has 0 saturated carbocycles. The van der Waals surface area contributed by atoms with Gasteiger partial charge in [0.25, 0.3) is 11.8 Å². The maximum absolute atomic E-state index is 12.5. The molecule has 0 N–H and O–H groups in total. The van der Waals surface area contributed by atoms with E-state index >= 15 is 0 Å². The second-order valence-electron chi connectivity index (χ2n) is 2.90. The normalized spacial score (nSPS) is 13.2. The number of rotatable bonds is 3. The summed E-state index contributed by atoms with van der Waals surface area (Å²) in [5.41, 5.74) is 0. The summed E-state index contributed by atoms with van der Waals surface area (Å²) in [6, 6.07) is 0. The molecule has 0 radical (unpaired) electrons. The molecule has 0 aliphatic heterocycles. The number of halogens is 4. The summed E-state index contributed by atoms with van der Waals surface area (Å²) in [6.45, 7) is 1.35. The highest BCUT2D eigenvalue weighted by Crippen LogP contribution is 2.32. The highest BCUT2D eigenvalue weighted by atomic mass is 19.3. The molecule has 0 saturated heterocycles. The number of esters is 1. The minimum atomic E-state index is -3.76. The third-order valence-corrected chi connectivity index (χ3v) is 1.20. The van der Waals surface area contributed by atoms with Crippen molar-refractivity contribution in [2.75, 3.05) is 0 Å². The Morgan fingerprint density at radius 1 is 1.15 bits per heavy atom. The fourth-order valence-corrected chi connectivity index (χ4v) is 0.818. The molecular formula is C7H10F4O2. The number of hydrogen-bond donors (Lipinski definition) is 0. The zero-order valence-electron chi connectivity index (χ0n) is 7.41. The van der Waals surface area contributed by atoms with Gasteiger partial charge in [-0.05, 0) is 0 Å². The first-order valence-electron chi connectivity index (χ1n) is 3.48. The lowest BCUT2D eigenvalue weighted by atomic mass is 10.1. The second-order valence-corrected chi connectivity index (χ2v) is 2.90. The van der Waals surface area contributed by atoms with Crippen LogP contribution in [-0.4, -0.2) is 23.9 Å². The SMILES string of the molecule is CC(=O)OC(C(C)(F)F)C(C)(F)F. The smallest absolute Gasteiger partial charge is 0.303 e. The van der Waals surface area contributed by atoms with E-state index in [9.17, 15) is 22.4 Å². The molecule has 0 aromatic rings. The summed E-state index contributed by atoms with van der Waals surface area (Å²) in [7, 11) is 0. The molecule has 0 amide bonds. The van der Waals surface area contributed by atoms with E-state index in [1.807, 2.05) is 0 Å². The van der Waals surface area contributed by atoms with Crippen LogP contribution >= 0.6 is 0 Å². The lowest BCUT2D eigenvalue weighted by Crippen LogP contribution is -2.46. The number of carbonyl (C=O) groups is 1. The maximum Gasteiger partial charge on any atom is 0.303 e. The molecule has 0 atom stereocenters. The van der Waals surface area contributed by atoms with Crippen LogP contribution in [0.5, 0.6) is 0 Å². The molecule has 78 valence electrons. The van der Waals surface area contributed by atoms with Gasteiger partial charge >= 0.3 is 5.97 Å². The average molecular weight is 202 g/mol. The van der Waals surface area contributed by atoms with Gasteiger partial charge < -0.3 is 4.74 Å². The number of alkyl halides is 4. The van der Waals surface area contributed by atoms with E-state index in [4.69, 9.17) is 0 Å². The minimum Gasteiger partial charge on any atom is -0.450 e. The van der Waals surface area contributed by atoms with Crippen LogP contribution in [-0.2, 0) is 9.53 Å². The van der Waals surface area contributed by atoms with Crippen molar-refractivity contribution in [2.24, 2.45) is 0 Å². The van der Waals surface area contributed by atoms with Crippen molar-refractivity contribution in [1.29, 1.82) is 0 Å². The molecule has 2 nitrogen and oxygen atoms in total. The summed E-state index contributed by atoms with van der Waals surface area (Å²) >= 11 is 0. The average Bonchev–Trinajstić information content (AvgIpc) is 1.77. The van der Waals surface area contributed by atoms with Crippen molar-refractivity contribution in [3.63, 3.8) is 0 Å². The minimum absolute atomic E-state index is 0.276. The van der Waals surface area contributed by atoms with Crippen LogP contribution < -0.4 is 0 Å². The highest BCUT2D eigenvalue weighted by molar-refractivity contribution is 5.66. The second kappa shape index (κ2) is 3.51. The summed E-state index contributed by atoms with van der Waals surface area (Å²) in [6.07, 6.45) is -2.71. The van der Waals surface area contributed by atoms with Crippen LogP contribution in [0.3, 0.4) is 0 Å². The fraction of sp³-hybridized carbons (Fsp3) is 0.857. The molecular weight excluding hydrogens is 192 g/mol. The predicted octanol–water partition coefficient (Wildman–Crippen LogP) is 2.23. The lowest BCUT2D eigenvalue weighted by Gasteiger charge is -2.27. The van der Waals surface area contributed by atoms with Gasteiger partial charge in [0.2, 0.25) is 6.10 Å². The first-order valence-corrected chi connectivity index (χ1v) is 3.48. The summed E-state index contributed by atoms with van der Waals surface area (Å²) < 4.78 is 53.8. The Kier molecular flexibility index (Phi) is 3.29. The van der Waals surface area contributed by atoms with E-state index in [0.717, 1.165) is 6.92 Å². The third-order valence-electron chi connectivity index (χ3n) is 1.20. The molecule has 0 fully saturated rings. The van der Waals surface area contributed by atoms with E-state index in [0.29, 0.717) is 0 Å².